The second kappa shape index (κ2) is 11.4. The van der Waals surface area contributed by atoms with Crippen LogP contribution >= 0.6 is 24.0 Å². The van der Waals surface area contributed by atoms with Crippen LogP contribution in [0, 0.1) is 0 Å². The molecule has 1 aromatic heterocycles. The number of aromatic nitrogens is 2. The van der Waals surface area contributed by atoms with Crippen molar-refractivity contribution in [3.05, 3.63) is 66.3 Å². The van der Waals surface area contributed by atoms with Crippen LogP contribution in [0.4, 0.5) is 0 Å². The van der Waals surface area contributed by atoms with E-state index in [1.807, 2.05) is 6.07 Å². The molecule has 0 saturated heterocycles. The van der Waals surface area contributed by atoms with E-state index in [-0.39, 0.29) is 29.9 Å². The van der Waals surface area contributed by atoms with Crippen LogP contribution in [0.3, 0.4) is 0 Å². The Kier molecular flexibility index (Phi) is 8.86. The van der Waals surface area contributed by atoms with Crippen LogP contribution in [0.25, 0.3) is 5.57 Å². The van der Waals surface area contributed by atoms with Crippen molar-refractivity contribution >= 4 is 41.4 Å². The summed E-state index contributed by atoms with van der Waals surface area (Å²) in [5.41, 5.74) is 2.97. The smallest absolute Gasteiger partial charge is 0.271 e. The minimum absolute atomic E-state index is 0. The maximum Gasteiger partial charge on any atom is 0.271 e. The predicted octanol–water partition coefficient (Wildman–Crippen LogP) is 2.19. The molecule has 0 spiro atoms. The van der Waals surface area contributed by atoms with E-state index in [1.165, 1.54) is 23.5 Å². The van der Waals surface area contributed by atoms with Crippen LogP contribution in [-0.4, -0.2) is 60.0 Å². The molecule has 2 heterocycles. The molecule has 3 rings (SSSR count). The molecule has 1 amide bonds. The van der Waals surface area contributed by atoms with Gasteiger partial charge in [0.25, 0.3) is 5.91 Å². The molecule has 1 aliphatic heterocycles. The van der Waals surface area contributed by atoms with Crippen molar-refractivity contribution in [2.24, 2.45) is 4.99 Å². The number of guanidine groups is 1. The fraction of sp³-hybridized carbons (Fsp3) is 0.300. The number of amides is 1. The van der Waals surface area contributed by atoms with E-state index in [2.05, 4.69) is 60.8 Å². The highest BCUT2D eigenvalue weighted by atomic mass is 127. The van der Waals surface area contributed by atoms with E-state index < -0.39 is 0 Å². The Morgan fingerprint density at radius 2 is 1.96 bits per heavy atom. The molecule has 0 saturated carbocycles. The fourth-order valence-electron chi connectivity index (χ4n) is 2.97. The summed E-state index contributed by atoms with van der Waals surface area (Å²) in [6.45, 7) is 2.79. The van der Waals surface area contributed by atoms with Crippen molar-refractivity contribution in [2.75, 3.05) is 33.2 Å². The minimum Gasteiger partial charge on any atom is -0.354 e. The second-order valence-corrected chi connectivity index (χ2v) is 6.11. The number of rotatable bonds is 5. The predicted molar refractivity (Wildman–Crippen MR) is 122 cm³/mol. The second-order valence-electron chi connectivity index (χ2n) is 6.11. The van der Waals surface area contributed by atoms with Gasteiger partial charge in [0.05, 0.1) is 6.20 Å². The highest BCUT2D eigenvalue weighted by Gasteiger charge is 2.16. The average Bonchev–Trinajstić information content (AvgIpc) is 2.75. The van der Waals surface area contributed by atoms with E-state index in [4.69, 9.17) is 0 Å². The lowest BCUT2D eigenvalue weighted by molar-refractivity contribution is 0.0949. The molecule has 0 bridgehead atoms. The molecule has 1 aromatic carbocycles. The monoisotopic (exact) mass is 492 g/mol. The van der Waals surface area contributed by atoms with Gasteiger partial charge in [-0.1, -0.05) is 36.4 Å². The summed E-state index contributed by atoms with van der Waals surface area (Å²) in [6.07, 6.45) is 7.73. The Labute approximate surface area is 182 Å². The highest BCUT2D eigenvalue weighted by Crippen LogP contribution is 2.21. The molecule has 2 aromatic rings. The molecule has 8 heteroatoms. The van der Waals surface area contributed by atoms with Crippen molar-refractivity contribution in [3.63, 3.8) is 0 Å². The van der Waals surface area contributed by atoms with Crippen molar-refractivity contribution in [1.82, 2.24) is 25.5 Å². The number of nitrogens with zero attached hydrogens (tertiary/aromatic N) is 4. The number of carbonyl (C=O) groups is 1. The third-order valence-electron chi connectivity index (χ3n) is 4.35. The first-order valence-electron chi connectivity index (χ1n) is 9.02. The standard InChI is InChI=1S/C20H24N6O.HI/c1-21-20(25-12-11-24-19(27)18-15-22-9-10-23-18)26-13-7-17(8-14-26)16-5-3-2-4-6-16;/h2-7,9-10,15H,8,11-14H2,1H3,(H,21,25)(H,24,27);1H. The maximum absolute atomic E-state index is 11.9. The Bertz CT molecular complexity index is 810. The number of hydrogen-bond donors (Lipinski definition) is 2. The first-order chi connectivity index (χ1) is 13.3. The number of aliphatic imine (C=N–C) groups is 1. The summed E-state index contributed by atoms with van der Waals surface area (Å²) in [5.74, 6) is 0.611. The van der Waals surface area contributed by atoms with Gasteiger partial charge in [0.1, 0.15) is 5.69 Å². The van der Waals surface area contributed by atoms with Crippen molar-refractivity contribution in [2.45, 2.75) is 6.42 Å². The lowest BCUT2D eigenvalue weighted by atomic mass is 10.00. The van der Waals surface area contributed by atoms with Gasteiger partial charge in [-0.05, 0) is 17.6 Å². The summed E-state index contributed by atoms with van der Waals surface area (Å²) in [5, 5.41) is 6.12. The van der Waals surface area contributed by atoms with Crippen LogP contribution in [0.1, 0.15) is 22.5 Å². The Hall–Kier alpha value is -2.49. The molecule has 2 N–H and O–H groups in total. The Morgan fingerprint density at radius 3 is 2.61 bits per heavy atom. The molecule has 148 valence electrons. The van der Waals surface area contributed by atoms with Crippen molar-refractivity contribution in [3.8, 4) is 0 Å². The van der Waals surface area contributed by atoms with Crippen LogP contribution in [0.5, 0.6) is 0 Å². The molecule has 7 nitrogen and oxygen atoms in total. The van der Waals surface area contributed by atoms with E-state index in [0.717, 1.165) is 25.5 Å². The number of hydrogen-bond acceptors (Lipinski definition) is 4. The molecule has 0 aliphatic carbocycles. The van der Waals surface area contributed by atoms with Crippen LogP contribution in [0.15, 0.2) is 60.0 Å². The van der Waals surface area contributed by atoms with E-state index in [0.29, 0.717) is 18.8 Å². The van der Waals surface area contributed by atoms with Gasteiger partial charge in [0.15, 0.2) is 5.96 Å². The lowest BCUT2D eigenvalue weighted by Crippen LogP contribution is -2.45. The average molecular weight is 492 g/mol. The quantitative estimate of drug-likeness (QED) is 0.290. The van der Waals surface area contributed by atoms with Gasteiger partial charge >= 0.3 is 0 Å². The number of carbonyl (C=O) groups excluding carboxylic acids is 1. The topological polar surface area (TPSA) is 82.5 Å². The molecule has 0 radical (unpaired) electrons. The van der Waals surface area contributed by atoms with E-state index >= 15 is 0 Å². The molecule has 0 unspecified atom stereocenters. The lowest BCUT2D eigenvalue weighted by Gasteiger charge is -2.29. The molecule has 1 aliphatic rings. The molecule has 28 heavy (non-hydrogen) atoms. The zero-order chi connectivity index (χ0) is 18.9. The van der Waals surface area contributed by atoms with E-state index in [9.17, 15) is 4.79 Å². The third kappa shape index (κ3) is 6.01. The normalized spacial score (nSPS) is 14.0. The molecular formula is C20H25IN6O. The Morgan fingerprint density at radius 1 is 1.18 bits per heavy atom. The van der Waals surface area contributed by atoms with E-state index in [1.54, 1.807) is 13.2 Å². The van der Waals surface area contributed by atoms with Crippen molar-refractivity contribution in [1.29, 1.82) is 0 Å². The first-order valence-corrected chi connectivity index (χ1v) is 9.02. The van der Waals surface area contributed by atoms with Crippen LogP contribution < -0.4 is 10.6 Å². The van der Waals surface area contributed by atoms with Crippen LogP contribution in [-0.2, 0) is 0 Å². The number of halogens is 1. The molecular weight excluding hydrogens is 467 g/mol. The zero-order valence-corrected chi connectivity index (χ0v) is 18.2. The van der Waals surface area contributed by atoms with Gasteiger partial charge in [0.2, 0.25) is 0 Å². The largest absolute Gasteiger partial charge is 0.354 e. The molecule has 0 atom stereocenters. The zero-order valence-electron chi connectivity index (χ0n) is 15.8. The van der Waals surface area contributed by atoms with Crippen molar-refractivity contribution < 1.29 is 4.79 Å². The SMILES string of the molecule is CN=C(NCCNC(=O)c1cnccn1)N1CC=C(c2ccccc2)CC1.I. The Balaban J connectivity index is 0.00000280. The van der Waals surface area contributed by atoms with Gasteiger partial charge in [-0.25, -0.2) is 4.98 Å². The summed E-state index contributed by atoms with van der Waals surface area (Å²) >= 11 is 0. The number of benzene rings is 1. The maximum atomic E-state index is 11.9. The van der Waals surface area contributed by atoms with Gasteiger partial charge in [0, 0.05) is 45.6 Å². The first kappa shape index (κ1) is 21.8. The fourth-order valence-corrected chi connectivity index (χ4v) is 2.97. The minimum atomic E-state index is -0.228. The number of nitrogens with one attached hydrogen (secondary N) is 2. The van der Waals surface area contributed by atoms with Gasteiger partial charge in [-0.2, -0.15) is 0 Å². The highest BCUT2D eigenvalue weighted by molar-refractivity contribution is 14.0. The third-order valence-corrected chi connectivity index (χ3v) is 4.35. The van der Waals surface area contributed by atoms with Gasteiger partial charge < -0.3 is 15.5 Å². The van der Waals surface area contributed by atoms with Gasteiger partial charge in [-0.3, -0.25) is 14.8 Å². The van der Waals surface area contributed by atoms with Gasteiger partial charge in [-0.15, -0.1) is 24.0 Å². The summed E-state index contributed by atoms with van der Waals surface area (Å²) in [4.78, 5) is 26.4. The summed E-state index contributed by atoms with van der Waals surface area (Å²) < 4.78 is 0. The molecule has 0 fully saturated rings. The summed E-state index contributed by atoms with van der Waals surface area (Å²) in [6, 6.07) is 10.5. The summed E-state index contributed by atoms with van der Waals surface area (Å²) in [7, 11) is 1.77. The van der Waals surface area contributed by atoms with Crippen LogP contribution in [0.2, 0.25) is 0 Å².